The minimum Gasteiger partial charge on any atom is -0.370 e. The number of hydrogen-bond acceptors (Lipinski definition) is 3. The van der Waals surface area contributed by atoms with Gasteiger partial charge in [-0.2, -0.15) is 0 Å². The summed E-state index contributed by atoms with van der Waals surface area (Å²) in [5.41, 5.74) is 0.563. The molecule has 1 N–H and O–H groups in total. The van der Waals surface area contributed by atoms with Gasteiger partial charge in [0.15, 0.2) is 0 Å². The van der Waals surface area contributed by atoms with Gasteiger partial charge in [0.05, 0.1) is 10.6 Å². The van der Waals surface area contributed by atoms with E-state index < -0.39 is 0 Å². The van der Waals surface area contributed by atoms with Crippen molar-refractivity contribution < 1.29 is 4.79 Å². The van der Waals surface area contributed by atoms with Crippen LogP contribution in [0.4, 0.5) is 5.82 Å². The summed E-state index contributed by atoms with van der Waals surface area (Å²) >= 11 is 6.19. The second kappa shape index (κ2) is 7.64. The fourth-order valence-electron chi connectivity index (χ4n) is 2.27. The third kappa shape index (κ3) is 4.34. The monoisotopic (exact) mass is 309 g/mol. The van der Waals surface area contributed by atoms with Gasteiger partial charge in [0, 0.05) is 25.3 Å². The average Bonchev–Trinajstić information content (AvgIpc) is 3.31. The molecule has 0 atom stereocenters. The van der Waals surface area contributed by atoms with Gasteiger partial charge in [0.2, 0.25) is 0 Å². The van der Waals surface area contributed by atoms with Crippen molar-refractivity contribution >= 4 is 23.3 Å². The van der Waals surface area contributed by atoms with E-state index in [1.54, 1.807) is 12.3 Å². The Balaban J connectivity index is 2.15. The molecule has 21 heavy (non-hydrogen) atoms. The van der Waals surface area contributed by atoms with Crippen molar-refractivity contribution in [3.63, 3.8) is 0 Å². The number of amides is 1. The number of halogens is 1. The van der Waals surface area contributed by atoms with Gasteiger partial charge in [-0.15, -0.1) is 0 Å². The average molecular weight is 310 g/mol. The normalized spacial score (nSPS) is 14.0. The SMILES string of the molecule is CCCCN(C(=O)c1cc(NCCC)ncc1Cl)C1CC1. The summed E-state index contributed by atoms with van der Waals surface area (Å²) in [5, 5.41) is 3.64. The van der Waals surface area contributed by atoms with E-state index >= 15 is 0 Å². The summed E-state index contributed by atoms with van der Waals surface area (Å²) in [4.78, 5) is 19.0. The van der Waals surface area contributed by atoms with Crippen LogP contribution in [-0.4, -0.2) is 34.9 Å². The number of nitrogens with zero attached hydrogens (tertiary/aromatic N) is 2. The van der Waals surface area contributed by atoms with Crippen molar-refractivity contribution in [1.82, 2.24) is 9.88 Å². The molecule has 0 saturated heterocycles. The number of unbranched alkanes of at least 4 members (excludes halogenated alkanes) is 1. The minimum absolute atomic E-state index is 0.0397. The molecule has 0 unspecified atom stereocenters. The van der Waals surface area contributed by atoms with Crippen molar-refractivity contribution in [2.24, 2.45) is 0 Å². The lowest BCUT2D eigenvalue weighted by Gasteiger charge is -2.23. The number of rotatable bonds is 8. The lowest BCUT2D eigenvalue weighted by molar-refractivity contribution is 0.0741. The zero-order chi connectivity index (χ0) is 15.2. The van der Waals surface area contributed by atoms with Crippen LogP contribution in [0, 0.1) is 0 Å². The molecule has 1 amide bonds. The molecule has 0 aromatic carbocycles. The van der Waals surface area contributed by atoms with Crippen LogP contribution in [0.15, 0.2) is 12.3 Å². The number of pyridine rings is 1. The quantitative estimate of drug-likeness (QED) is 0.790. The summed E-state index contributed by atoms with van der Waals surface area (Å²) < 4.78 is 0. The van der Waals surface area contributed by atoms with E-state index in [9.17, 15) is 4.79 Å². The van der Waals surface area contributed by atoms with Crippen LogP contribution in [0.25, 0.3) is 0 Å². The van der Waals surface area contributed by atoms with Gasteiger partial charge in [-0.1, -0.05) is 31.9 Å². The van der Waals surface area contributed by atoms with Gasteiger partial charge < -0.3 is 10.2 Å². The van der Waals surface area contributed by atoms with Gasteiger partial charge in [-0.05, 0) is 31.7 Å². The van der Waals surface area contributed by atoms with E-state index in [-0.39, 0.29) is 5.91 Å². The zero-order valence-electron chi connectivity index (χ0n) is 12.9. The largest absolute Gasteiger partial charge is 0.370 e. The van der Waals surface area contributed by atoms with Gasteiger partial charge in [-0.25, -0.2) is 4.98 Å². The van der Waals surface area contributed by atoms with Crippen LogP contribution in [0.5, 0.6) is 0 Å². The molecule has 2 rings (SSSR count). The van der Waals surface area contributed by atoms with Gasteiger partial charge in [0.25, 0.3) is 5.91 Å². The molecule has 116 valence electrons. The van der Waals surface area contributed by atoms with E-state index in [1.165, 1.54) is 0 Å². The Kier molecular flexibility index (Phi) is 5.85. The molecular weight excluding hydrogens is 286 g/mol. The van der Waals surface area contributed by atoms with Gasteiger partial charge >= 0.3 is 0 Å². The third-order valence-electron chi connectivity index (χ3n) is 3.64. The van der Waals surface area contributed by atoms with Crippen LogP contribution in [0.2, 0.25) is 5.02 Å². The van der Waals surface area contributed by atoms with Crippen molar-refractivity contribution in [3.05, 3.63) is 22.8 Å². The maximum absolute atomic E-state index is 12.8. The maximum atomic E-state index is 12.8. The molecular formula is C16H24ClN3O. The molecule has 1 aliphatic rings. The fraction of sp³-hybridized carbons (Fsp3) is 0.625. The smallest absolute Gasteiger partial charge is 0.255 e. The van der Waals surface area contributed by atoms with Crippen molar-refractivity contribution in [3.8, 4) is 0 Å². The Hall–Kier alpha value is -1.29. The highest BCUT2D eigenvalue weighted by Gasteiger charge is 2.33. The highest BCUT2D eigenvalue weighted by Crippen LogP contribution is 2.30. The first-order valence-corrected chi connectivity index (χ1v) is 8.25. The van der Waals surface area contributed by atoms with E-state index in [0.29, 0.717) is 16.6 Å². The van der Waals surface area contributed by atoms with Crippen LogP contribution in [-0.2, 0) is 0 Å². The Bertz CT molecular complexity index is 488. The van der Waals surface area contributed by atoms with E-state index in [2.05, 4.69) is 24.1 Å². The molecule has 0 aliphatic heterocycles. The van der Waals surface area contributed by atoms with E-state index in [1.807, 2.05) is 4.90 Å². The predicted molar refractivity (Wildman–Crippen MR) is 87.0 cm³/mol. The minimum atomic E-state index is 0.0397. The molecule has 5 heteroatoms. The third-order valence-corrected chi connectivity index (χ3v) is 3.94. The molecule has 1 aromatic rings. The molecule has 1 saturated carbocycles. The Morgan fingerprint density at radius 2 is 2.19 bits per heavy atom. The summed E-state index contributed by atoms with van der Waals surface area (Å²) in [6, 6.07) is 2.18. The lowest BCUT2D eigenvalue weighted by Crippen LogP contribution is -2.34. The maximum Gasteiger partial charge on any atom is 0.255 e. The molecule has 1 aromatic heterocycles. The molecule has 0 radical (unpaired) electrons. The molecule has 0 spiro atoms. The number of aromatic nitrogens is 1. The molecule has 1 aliphatic carbocycles. The number of carbonyl (C=O) groups excluding carboxylic acids is 1. The van der Waals surface area contributed by atoms with Crippen LogP contribution in [0.3, 0.4) is 0 Å². The fourth-order valence-corrected chi connectivity index (χ4v) is 2.46. The summed E-state index contributed by atoms with van der Waals surface area (Å²) in [6.45, 7) is 5.89. The predicted octanol–water partition coefficient (Wildman–Crippen LogP) is 3.96. The van der Waals surface area contributed by atoms with Crippen molar-refractivity contribution in [2.45, 2.75) is 52.0 Å². The first-order valence-electron chi connectivity index (χ1n) is 7.87. The Morgan fingerprint density at radius 1 is 1.43 bits per heavy atom. The lowest BCUT2D eigenvalue weighted by atomic mass is 10.2. The highest BCUT2D eigenvalue weighted by atomic mass is 35.5. The molecule has 1 fully saturated rings. The van der Waals surface area contributed by atoms with Gasteiger partial charge in [-0.3, -0.25) is 4.79 Å². The Morgan fingerprint density at radius 3 is 2.81 bits per heavy atom. The van der Waals surface area contributed by atoms with Gasteiger partial charge in [0.1, 0.15) is 5.82 Å². The standard InChI is InChI=1S/C16H24ClN3O/c1-3-5-9-20(12-6-7-12)16(21)13-10-15(18-8-4-2)19-11-14(13)17/h10-12H,3-9H2,1-2H3,(H,18,19). The molecule has 1 heterocycles. The topological polar surface area (TPSA) is 45.2 Å². The van der Waals surface area contributed by atoms with Crippen LogP contribution in [0.1, 0.15) is 56.3 Å². The second-order valence-electron chi connectivity index (χ2n) is 5.56. The van der Waals surface area contributed by atoms with Crippen LogP contribution < -0.4 is 5.32 Å². The molecule has 4 nitrogen and oxygen atoms in total. The summed E-state index contributed by atoms with van der Waals surface area (Å²) in [7, 11) is 0. The van der Waals surface area contributed by atoms with Crippen LogP contribution >= 0.6 is 11.6 Å². The molecule has 0 bridgehead atoms. The summed E-state index contributed by atoms with van der Waals surface area (Å²) in [6.07, 6.45) is 6.92. The second-order valence-corrected chi connectivity index (χ2v) is 5.97. The van der Waals surface area contributed by atoms with E-state index in [4.69, 9.17) is 11.6 Å². The number of nitrogens with one attached hydrogen (secondary N) is 1. The van der Waals surface area contributed by atoms with Crippen molar-refractivity contribution in [2.75, 3.05) is 18.4 Å². The van der Waals surface area contributed by atoms with E-state index in [0.717, 1.165) is 51.0 Å². The Labute approximate surface area is 131 Å². The highest BCUT2D eigenvalue weighted by molar-refractivity contribution is 6.33. The number of carbonyl (C=O) groups is 1. The van der Waals surface area contributed by atoms with Crippen molar-refractivity contribution in [1.29, 1.82) is 0 Å². The number of hydrogen-bond donors (Lipinski definition) is 1. The first kappa shape index (κ1) is 16.1. The summed E-state index contributed by atoms with van der Waals surface area (Å²) in [5.74, 6) is 0.758. The number of anilines is 1. The first-order chi connectivity index (χ1) is 10.2. The zero-order valence-corrected chi connectivity index (χ0v) is 13.6.